The van der Waals surface area contributed by atoms with Crippen LogP contribution in [0.3, 0.4) is 0 Å². The van der Waals surface area contributed by atoms with E-state index in [-0.39, 0.29) is 22.8 Å². The smallest absolute Gasteiger partial charge is 0.336 e. The minimum Gasteiger partial charge on any atom is -0.478 e. The van der Waals surface area contributed by atoms with Crippen molar-refractivity contribution in [3.8, 4) is 6.07 Å². The summed E-state index contributed by atoms with van der Waals surface area (Å²) in [5, 5.41) is 34.6. The SMILES string of the molecule is N#Cc1c(NC(=O)CSc2cccc(NC(=O)c3ccc(C(=O)O)cc3C(=O)O)c2)sc2c1CCC(c1ccccc1)C2. The summed E-state index contributed by atoms with van der Waals surface area (Å²) in [6.45, 7) is 0. The molecule has 1 aromatic heterocycles. The van der Waals surface area contributed by atoms with Gasteiger partial charge in [-0.1, -0.05) is 36.4 Å². The highest BCUT2D eigenvalue weighted by molar-refractivity contribution is 8.00. The number of carboxylic acids is 2. The molecule has 0 saturated carbocycles. The zero-order valence-corrected chi connectivity index (χ0v) is 24.3. The normalized spacial score (nSPS) is 13.8. The second kappa shape index (κ2) is 12.9. The maximum Gasteiger partial charge on any atom is 0.336 e. The minimum atomic E-state index is -1.43. The number of hydrogen-bond donors (Lipinski definition) is 4. The molecule has 1 aliphatic rings. The Hall–Kier alpha value is -4.92. The Kier molecular flexibility index (Phi) is 8.90. The topological polar surface area (TPSA) is 157 Å². The number of anilines is 2. The molecule has 5 rings (SSSR count). The Labute approximate surface area is 255 Å². The van der Waals surface area contributed by atoms with E-state index in [4.69, 9.17) is 5.11 Å². The lowest BCUT2D eigenvalue weighted by atomic mass is 9.83. The van der Waals surface area contributed by atoms with Crippen molar-refractivity contribution in [1.29, 1.82) is 5.26 Å². The number of carboxylic acid groups (broad SMARTS) is 2. The first-order valence-electron chi connectivity index (χ1n) is 13.3. The second-order valence-corrected chi connectivity index (χ2v) is 12.0. The van der Waals surface area contributed by atoms with Crippen LogP contribution < -0.4 is 10.6 Å². The number of rotatable bonds is 9. The van der Waals surface area contributed by atoms with Crippen molar-refractivity contribution in [2.24, 2.45) is 0 Å². The number of carbonyl (C=O) groups is 4. The average molecular weight is 612 g/mol. The highest BCUT2D eigenvalue weighted by Gasteiger charge is 2.27. The summed E-state index contributed by atoms with van der Waals surface area (Å²) in [5.41, 5.74) is 2.35. The molecule has 216 valence electrons. The lowest BCUT2D eigenvalue weighted by molar-refractivity contribution is -0.113. The van der Waals surface area contributed by atoms with E-state index in [0.29, 0.717) is 27.1 Å². The molecule has 1 aliphatic carbocycles. The monoisotopic (exact) mass is 611 g/mol. The zero-order valence-electron chi connectivity index (χ0n) is 22.6. The standard InChI is InChI=1S/C32H25N3O6S2/c33-16-26-23-11-9-19(18-5-2-1-3-6-18)14-27(23)43-30(26)35-28(36)17-42-22-8-4-7-21(15-22)34-29(37)24-12-10-20(31(38)39)13-25(24)32(40)41/h1-8,10,12-13,15,19H,9,11,14,17H2,(H,34,37)(H,35,36)(H,38,39)(H,40,41). The van der Waals surface area contributed by atoms with Gasteiger partial charge >= 0.3 is 11.9 Å². The van der Waals surface area contributed by atoms with Crippen molar-refractivity contribution in [1.82, 2.24) is 0 Å². The van der Waals surface area contributed by atoms with Gasteiger partial charge in [0.25, 0.3) is 5.91 Å². The Bertz CT molecular complexity index is 1780. The van der Waals surface area contributed by atoms with Crippen LogP contribution in [0.1, 0.15) is 65.0 Å². The van der Waals surface area contributed by atoms with Gasteiger partial charge in [0, 0.05) is 15.5 Å². The van der Waals surface area contributed by atoms with E-state index in [1.54, 1.807) is 24.3 Å². The first kappa shape index (κ1) is 29.6. The van der Waals surface area contributed by atoms with Crippen LogP contribution in [0.5, 0.6) is 0 Å². The van der Waals surface area contributed by atoms with Gasteiger partial charge < -0.3 is 20.8 Å². The van der Waals surface area contributed by atoms with Crippen LogP contribution in [0.2, 0.25) is 0 Å². The molecule has 0 radical (unpaired) electrons. The van der Waals surface area contributed by atoms with Gasteiger partial charge in [0.1, 0.15) is 11.1 Å². The Morgan fingerprint density at radius 3 is 2.44 bits per heavy atom. The summed E-state index contributed by atoms with van der Waals surface area (Å²) in [6, 6.07) is 22.6. The molecule has 43 heavy (non-hydrogen) atoms. The zero-order chi connectivity index (χ0) is 30.5. The number of carbonyl (C=O) groups excluding carboxylic acids is 2. The summed E-state index contributed by atoms with van der Waals surface area (Å²) >= 11 is 2.71. The summed E-state index contributed by atoms with van der Waals surface area (Å²) in [5.74, 6) is -3.26. The van der Waals surface area contributed by atoms with Crippen molar-refractivity contribution in [2.75, 3.05) is 16.4 Å². The largest absolute Gasteiger partial charge is 0.478 e. The van der Waals surface area contributed by atoms with Crippen LogP contribution >= 0.6 is 23.1 Å². The van der Waals surface area contributed by atoms with Crippen LogP contribution in [-0.2, 0) is 17.6 Å². The number of nitrogens with one attached hydrogen (secondary N) is 2. The predicted octanol–water partition coefficient (Wildman–Crippen LogP) is 6.27. The summed E-state index contributed by atoms with van der Waals surface area (Å²) < 4.78 is 0. The Morgan fingerprint density at radius 1 is 0.930 bits per heavy atom. The number of benzene rings is 3. The van der Waals surface area contributed by atoms with E-state index in [2.05, 4.69) is 28.8 Å². The molecule has 1 unspecified atom stereocenters. The molecule has 2 amide bonds. The Balaban J connectivity index is 1.22. The number of thioether (sulfide) groups is 1. The first-order valence-corrected chi connectivity index (χ1v) is 15.1. The molecule has 1 heterocycles. The van der Waals surface area contributed by atoms with Crippen LogP contribution in [-0.4, -0.2) is 39.7 Å². The van der Waals surface area contributed by atoms with Crippen molar-refractivity contribution in [2.45, 2.75) is 30.1 Å². The van der Waals surface area contributed by atoms with Gasteiger partial charge in [0.15, 0.2) is 0 Å². The van der Waals surface area contributed by atoms with Gasteiger partial charge in [-0.2, -0.15) is 5.26 Å². The number of amides is 2. The van der Waals surface area contributed by atoms with E-state index in [0.717, 1.165) is 47.9 Å². The van der Waals surface area contributed by atoms with E-state index < -0.39 is 23.4 Å². The lowest BCUT2D eigenvalue weighted by Gasteiger charge is -2.22. The van der Waals surface area contributed by atoms with Gasteiger partial charge in [-0.05, 0) is 72.7 Å². The Morgan fingerprint density at radius 2 is 1.72 bits per heavy atom. The molecule has 4 N–H and O–H groups in total. The maximum absolute atomic E-state index is 12.9. The molecule has 0 bridgehead atoms. The fraction of sp³-hybridized carbons (Fsp3) is 0.156. The highest BCUT2D eigenvalue weighted by atomic mass is 32.2. The van der Waals surface area contributed by atoms with E-state index in [1.165, 1.54) is 28.7 Å². The average Bonchev–Trinajstić information content (AvgIpc) is 3.36. The molecular weight excluding hydrogens is 587 g/mol. The summed E-state index contributed by atoms with van der Waals surface area (Å²) in [6.07, 6.45) is 2.57. The molecule has 9 nitrogen and oxygen atoms in total. The second-order valence-electron chi connectivity index (χ2n) is 9.86. The molecule has 4 aromatic rings. The fourth-order valence-corrected chi connectivity index (χ4v) is 7.08. The quantitative estimate of drug-likeness (QED) is 0.161. The van der Waals surface area contributed by atoms with Crippen LogP contribution in [0.4, 0.5) is 10.7 Å². The van der Waals surface area contributed by atoms with Crippen molar-refractivity contribution < 1.29 is 29.4 Å². The van der Waals surface area contributed by atoms with Gasteiger partial charge in [0.2, 0.25) is 5.91 Å². The third kappa shape index (κ3) is 6.77. The third-order valence-corrected chi connectivity index (χ3v) is 9.27. The van der Waals surface area contributed by atoms with Crippen molar-refractivity contribution in [3.05, 3.63) is 111 Å². The molecular formula is C32H25N3O6S2. The predicted molar refractivity (Wildman–Crippen MR) is 164 cm³/mol. The number of aromatic carboxylic acids is 2. The minimum absolute atomic E-state index is 0.0668. The summed E-state index contributed by atoms with van der Waals surface area (Å²) in [4.78, 5) is 50.3. The fourth-order valence-electron chi connectivity index (χ4n) is 5.03. The third-order valence-electron chi connectivity index (χ3n) is 7.10. The van der Waals surface area contributed by atoms with Crippen LogP contribution in [0.25, 0.3) is 0 Å². The van der Waals surface area contributed by atoms with Crippen molar-refractivity contribution in [3.63, 3.8) is 0 Å². The number of hydrogen-bond acceptors (Lipinski definition) is 7. The van der Waals surface area contributed by atoms with E-state index >= 15 is 0 Å². The van der Waals surface area contributed by atoms with Gasteiger partial charge in [0.05, 0.1) is 28.0 Å². The van der Waals surface area contributed by atoms with Crippen LogP contribution in [0, 0.1) is 11.3 Å². The highest BCUT2D eigenvalue weighted by Crippen LogP contribution is 2.42. The van der Waals surface area contributed by atoms with E-state index in [1.807, 2.05) is 18.2 Å². The number of thiophene rings is 1. The molecule has 0 fully saturated rings. The molecule has 11 heteroatoms. The van der Waals surface area contributed by atoms with E-state index in [9.17, 15) is 29.5 Å². The molecule has 0 spiro atoms. The molecule has 0 saturated heterocycles. The lowest BCUT2D eigenvalue weighted by Crippen LogP contribution is -2.17. The molecule has 3 aromatic carbocycles. The van der Waals surface area contributed by atoms with Crippen LogP contribution in [0.15, 0.2) is 77.7 Å². The van der Waals surface area contributed by atoms with Gasteiger partial charge in [-0.3, -0.25) is 9.59 Å². The van der Waals surface area contributed by atoms with Crippen molar-refractivity contribution >= 4 is 57.5 Å². The maximum atomic E-state index is 12.9. The first-order chi connectivity index (χ1) is 20.7. The number of nitrogens with zero attached hydrogens (tertiary/aromatic N) is 1. The summed E-state index contributed by atoms with van der Waals surface area (Å²) in [7, 11) is 0. The van der Waals surface area contributed by atoms with Gasteiger partial charge in [-0.25, -0.2) is 9.59 Å². The number of fused-ring (bicyclic) bond motifs is 1. The number of nitriles is 1. The molecule has 1 atom stereocenters. The van der Waals surface area contributed by atoms with Gasteiger partial charge in [-0.15, -0.1) is 23.1 Å². The molecule has 0 aliphatic heterocycles.